The largest absolute Gasteiger partial charge is 0.469 e. The Morgan fingerprint density at radius 3 is 2.28 bits per heavy atom. The lowest BCUT2D eigenvalue weighted by Gasteiger charge is -2.47. The molecule has 32 heavy (non-hydrogen) atoms. The maximum atomic E-state index is 13.7. The van der Waals surface area contributed by atoms with Gasteiger partial charge in [0.15, 0.2) is 6.10 Å². The molecule has 2 saturated carbocycles. The molecule has 1 aliphatic heterocycles. The van der Waals surface area contributed by atoms with E-state index in [9.17, 15) is 18.0 Å². The Bertz CT molecular complexity index is 860. The van der Waals surface area contributed by atoms with Gasteiger partial charge in [0, 0.05) is 24.4 Å². The van der Waals surface area contributed by atoms with E-state index in [2.05, 4.69) is 13.8 Å². The first kappa shape index (κ1) is 25.4. The molecule has 3 aliphatic rings. The van der Waals surface area contributed by atoms with Gasteiger partial charge in [-0.15, -0.1) is 0 Å². The molecule has 0 radical (unpaired) electrons. The van der Waals surface area contributed by atoms with Crippen LogP contribution >= 0.6 is 0 Å². The lowest BCUT2D eigenvalue weighted by atomic mass is 9.68. The molecule has 0 aromatic rings. The minimum atomic E-state index is -3.67. The molecule has 3 fully saturated rings. The molecular formula is C23H39NO7S. The van der Waals surface area contributed by atoms with E-state index in [0.717, 1.165) is 6.42 Å². The number of esters is 2. The first-order valence-corrected chi connectivity index (χ1v) is 13.2. The van der Waals surface area contributed by atoms with E-state index < -0.39 is 45.2 Å². The summed E-state index contributed by atoms with van der Waals surface area (Å²) in [6.45, 7) is 13.4. The molecule has 8 nitrogen and oxygen atoms in total. The van der Waals surface area contributed by atoms with Gasteiger partial charge in [0.05, 0.1) is 24.7 Å². The van der Waals surface area contributed by atoms with Crippen molar-refractivity contribution in [3.8, 4) is 0 Å². The quantitative estimate of drug-likeness (QED) is 0.500. The highest BCUT2D eigenvalue weighted by Gasteiger charge is 2.78. The van der Waals surface area contributed by atoms with Crippen LogP contribution in [0.3, 0.4) is 0 Å². The summed E-state index contributed by atoms with van der Waals surface area (Å²) >= 11 is 0. The second kappa shape index (κ2) is 8.24. The van der Waals surface area contributed by atoms with Crippen LogP contribution in [-0.2, 0) is 33.8 Å². The Labute approximate surface area is 192 Å². The summed E-state index contributed by atoms with van der Waals surface area (Å²) in [6.07, 6.45) is 1.07. The van der Waals surface area contributed by atoms with Crippen LogP contribution in [0, 0.1) is 22.7 Å². The number of carbonyl (C=O) groups is 2. The van der Waals surface area contributed by atoms with E-state index in [0.29, 0.717) is 12.8 Å². The van der Waals surface area contributed by atoms with Crippen molar-refractivity contribution in [3.63, 3.8) is 0 Å². The molecule has 3 rings (SSSR count). The molecule has 9 heteroatoms. The Morgan fingerprint density at radius 2 is 1.78 bits per heavy atom. The lowest BCUT2D eigenvalue weighted by molar-refractivity contribution is -0.244. The zero-order valence-corrected chi connectivity index (χ0v) is 21.5. The SMILES string of the molecule is COC(=O)C[C@H](C)[C@H]1O[C@@]2(C[C@H]3CC[C@]2(CS(=O)(=O)N(C(C)C)C(C)C)C3(C)C)OC1=O. The van der Waals surface area contributed by atoms with Crippen LogP contribution in [0.5, 0.6) is 0 Å². The van der Waals surface area contributed by atoms with Crippen molar-refractivity contribution < 1.29 is 32.2 Å². The number of hydrogen-bond donors (Lipinski definition) is 0. The number of sulfonamides is 1. The second-order valence-corrected chi connectivity index (χ2v) is 12.9. The van der Waals surface area contributed by atoms with E-state index in [1.54, 1.807) is 11.2 Å². The second-order valence-electron chi connectivity index (χ2n) is 11.0. The first-order chi connectivity index (χ1) is 14.6. The third-order valence-corrected chi connectivity index (χ3v) is 10.6. The van der Waals surface area contributed by atoms with Crippen LogP contribution in [0.2, 0.25) is 0 Å². The Kier molecular flexibility index (Phi) is 6.55. The molecule has 0 N–H and O–H groups in total. The molecule has 0 aromatic heterocycles. The van der Waals surface area contributed by atoms with Gasteiger partial charge in [-0.1, -0.05) is 20.8 Å². The Balaban J connectivity index is 1.99. The molecule has 0 amide bonds. The Hall–Kier alpha value is -1.19. The van der Waals surface area contributed by atoms with E-state index in [1.165, 1.54) is 7.11 Å². The molecule has 1 spiro atoms. The maximum absolute atomic E-state index is 13.7. The number of rotatable bonds is 8. The van der Waals surface area contributed by atoms with Crippen molar-refractivity contribution in [1.82, 2.24) is 4.31 Å². The maximum Gasteiger partial charge on any atom is 0.338 e. The fourth-order valence-electron chi connectivity index (χ4n) is 6.65. The van der Waals surface area contributed by atoms with E-state index in [1.807, 2.05) is 27.7 Å². The number of hydrogen-bond acceptors (Lipinski definition) is 7. The molecule has 1 saturated heterocycles. The van der Waals surface area contributed by atoms with Crippen molar-refractivity contribution in [2.24, 2.45) is 22.7 Å². The Morgan fingerprint density at radius 1 is 1.19 bits per heavy atom. The molecule has 0 aromatic carbocycles. The van der Waals surface area contributed by atoms with Gasteiger partial charge >= 0.3 is 11.9 Å². The molecule has 2 aliphatic carbocycles. The molecule has 1 heterocycles. The van der Waals surface area contributed by atoms with Crippen LogP contribution in [0.15, 0.2) is 0 Å². The van der Waals surface area contributed by atoms with Crippen LogP contribution in [-0.4, -0.2) is 61.5 Å². The smallest absolute Gasteiger partial charge is 0.338 e. The van der Waals surface area contributed by atoms with E-state index in [-0.39, 0.29) is 35.6 Å². The van der Waals surface area contributed by atoms with Gasteiger partial charge in [0.1, 0.15) is 0 Å². The average molecular weight is 474 g/mol. The van der Waals surface area contributed by atoms with Crippen LogP contribution in [0.25, 0.3) is 0 Å². The van der Waals surface area contributed by atoms with Crippen LogP contribution in [0.1, 0.15) is 74.1 Å². The summed E-state index contributed by atoms with van der Waals surface area (Å²) in [5.74, 6) is -2.63. The highest BCUT2D eigenvalue weighted by atomic mass is 32.2. The molecule has 184 valence electrons. The number of ether oxygens (including phenoxy) is 3. The average Bonchev–Trinajstić information content (AvgIpc) is 3.15. The minimum Gasteiger partial charge on any atom is -0.469 e. The predicted molar refractivity (Wildman–Crippen MR) is 119 cm³/mol. The monoisotopic (exact) mass is 473 g/mol. The predicted octanol–water partition coefficient (Wildman–Crippen LogP) is 3.10. The summed E-state index contributed by atoms with van der Waals surface area (Å²) in [6, 6.07) is -0.372. The summed E-state index contributed by atoms with van der Waals surface area (Å²) < 4.78 is 46.1. The van der Waals surface area contributed by atoms with Gasteiger partial charge < -0.3 is 14.2 Å². The van der Waals surface area contributed by atoms with Gasteiger partial charge in [0.2, 0.25) is 15.8 Å². The first-order valence-electron chi connectivity index (χ1n) is 11.6. The zero-order valence-electron chi connectivity index (χ0n) is 20.6. The molecule has 0 unspecified atom stereocenters. The van der Waals surface area contributed by atoms with E-state index >= 15 is 0 Å². The molecular weight excluding hydrogens is 434 g/mol. The summed E-state index contributed by atoms with van der Waals surface area (Å²) in [5.41, 5.74) is -1.25. The third kappa shape index (κ3) is 3.68. The molecule has 2 bridgehead atoms. The topological polar surface area (TPSA) is 99.2 Å². The van der Waals surface area contributed by atoms with Gasteiger partial charge in [0.25, 0.3) is 0 Å². The summed E-state index contributed by atoms with van der Waals surface area (Å²) in [7, 11) is -2.37. The van der Waals surface area contributed by atoms with Crippen molar-refractivity contribution in [1.29, 1.82) is 0 Å². The summed E-state index contributed by atoms with van der Waals surface area (Å²) in [5, 5.41) is 0. The van der Waals surface area contributed by atoms with Crippen LogP contribution < -0.4 is 0 Å². The fraction of sp³-hybridized carbons (Fsp3) is 0.913. The normalized spacial score (nSPS) is 34.7. The van der Waals surface area contributed by atoms with Gasteiger partial charge in [-0.2, -0.15) is 4.31 Å². The highest BCUT2D eigenvalue weighted by Crippen LogP contribution is 2.73. The highest BCUT2D eigenvalue weighted by molar-refractivity contribution is 7.89. The summed E-state index contributed by atoms with van der Waals surface area (Å²) in [4.78, 5) is 24.7. The number of nitrogens with zero attached hydrogens (tertiary/aromatic N) is 1. The van der Waals surface area contributed by atoms with Crippen molar-refractivity contribution in [3.05, 3.63) is 0 Å². The van der Waals surface area contributed by atoms with Crippen molar-refractivity contribution >= 4 is 22.0 Å². The van der Waals surface area contributed by atoms with Gasteiger partial charge in [-0.3, -0.25) is 4.79 Å². The number of fused-ring (bicyclic) bond motifs is 3. The van der Waals surface area contributed by atoms with Gasteiger partial charge in [-0.25, -0.2) is 13.2 Å². The minimum absolute atomic E-state index is 0.0267. The lowest BCUT2D eigenvalue weighted by Crippen LogP contribution is -2.57. The van der Waals surface area contributed by atoms with E-state index in [4.69, 9.17) is 14.2 Å². The van der Waals surface area contributed by atoms with Crippen LogP contribution in [0.4, 0.5) is 0 Å². The number of carbonyl (C=O) groups excluding carboxylic acids is 2. The fourth-order valence-corrected chi connectivity index (χ4v) is 9.44. The van der Waals surface area contributed by atoms with Gasteiger partial charge in [-0.05, 0) is 51.9 Å². The standard InChI is InChI=1S/C23H39NO7S/c1-14(2)24(15(3)4)32(27,28)13-22-10-9-17(21(22,6)7)12-23(22)30-19(20(26)31-23)16(5)11-18(25)29-8/h14-17,19H,9-13H2,1-8H3/t16-,17+,19+,22-,23-/m0/s1. The molecule has 5 atom stereocenters. The van der Waals surface area contributed by atoms with Crippen molar-refractivity contribution in [2.75, 3.05) is 12.9 Å². The number of methoxy groups -OCH3 is 1. The zero-order chi connectivity index (χ0) is 24.3. The third-order valence-electron chi connectivity index (χ3n) is 8.23. The van der Waals surface area contributed by atoms with Crippen molar-refractivity contribution in [2.45, 2.75) is 98.1 Å².